The molecular formula is C22H22N2O2S. The van der Waals surface area contributed by atoms with Crippen LogP contribution in [-0.4, -0.2) is 24.1 Å². The lowest BCUT2D eigenvalue weighted by Crippen LogP contribution is -2.10. The van der Waals surface area contributed by atoms with Gasteiger partial charge in [0.2, 0.25) is 0 Å². The van der Waals surface area contributed by atoms with Gasteiger partial charge < -0.3 is 4.40 Å². The van der Waals surface area contributed by atoms with Crippen LogP contribution in [0.15, 0.2) is 65.7 Å². The van der Waals surface area contributed by atoms with Crippen molar-refractivity contribution in [2.75, 3.05) is 6.26 Å². The minimum Gasteiger partial charge on any atom is -0.313 e. The van der Waals surface area contributed by atoms with E-state index in [9.17, 15) is 8.42 Å². The first kappa shape index (κ1) is 17.7. The number of sulfone groups is 1. The predicted octanol–water partition coefficient (Wildman–Crippen LogP) is 4.86. The van der Waals surface area contributed by atoms with Crippen LogP contribution in [0.4, 0.5) is 0 Å². The minimum absolute atomic E-state index is 0.0874. The van der Waals surface area contributed by atoms with E-state index < -0.39 is 9.84 Å². The summed E-state index contributed by atoms with van der Waals surface area (Å²) >= 11 is 0. The summed E-state index contributed by atoms with van der Waals surface area (Å²) in [6.45, 7) is 6.57. The van der Waals surface area contributed by atoms with Gasteiger partial charge in [0.1, 0.15) is 0 Å². The number of nitrogens with zero attached hydrogens (tertiary/aromatic N) is 2. The molecule has 0 fully saturated rings. The molecule has 4 rings (SSSR count). The highest BCUT2D eigenvalue weighted by Gasteiger charge is 2.16. The molecular weight excluding hydrogens is 356 g/mol. The minimum atomic E-state index is -3.28. The molecule has 0 aliphatic heterocycles. The van der Waals surface area contributed by atoms with Crippen LogP contribution in [0.25, 0.3) is 27.8 Å². The van der Waals surface area contributed by atoms with Gasteiger partial charge in [0, 0.05) is 18.0 Å². The van der Waals surface area contributed by atoms with Gasteiger partial charge in [-0.15, -0.1) is 0 Å². The molecule has 138 valence electrons. The Balaban J connectivity index is 1.97. The van der Waals surface area contributed by atoms with E-state index in [0.29, 0.717) is 5.52 Å². The zero-order valence-corrected chi connectivity index (χ0v) is 16.7. The van der Waals surface area contributed by atoms with Crippen molar-refractivity contribution >= 4 is 26.4 Å². The second-order valence-electron chi connectivity index (χ2n) is 7.97. The van der Waals surface area contributed by atoms with Crippen molar-refractivity contribution in [2.45, 2.75) is 31.1 Å². The van der Waals surface area contributed by atoms with Crippen LogP contribution in [0.2, 0.25) is 0 Å². The molecule has 4 nitrogen and oxygen atoms in total. The van der Waals surface area contributed by atoms with E-state index in [2.05, 4.69) is 49.4 Å². The molecule has 0 unspecified atom stereocenters. The normalized spacial score (nSPS) is 12.7. The quantitative estimate of drug-likeness (QED) is 0.501. The van der Waals surface area contributed by atoms with E-state index in [1.54, 1.807) is 12.1 Å². The molecule has 2 aromatic heterocycles. The monoisotopic (exact) mass is 378 g/mol. The van der Waals surface area contributed by atoms with Crippen molar-refractivity contribution in [3.63, 3.8) is 0 Å². The predicted molar refractivity (Wildman–Crippen MR) is 110 cm³/mol. The van der Waals surface area contributed by atoms with Crippen molar-refractivity contribution < 1.29 is 8.42 Å². The summed E-state index contributed by atoms with van der Waals surface area (Å²) in [6, 6.07) is 17.6. The summed E-state index contributed by atoms with van der Waals surface area (Å²) in [5, 5.41) is 0. The van der Waals surface area contributed by atoms with E-state index in [4.69, 9.17) is 4.98 Å². The first-order valence-corrected chi connectivity index (χ1v) is 10.8. The lowest BCUT2D eigenvalue weighted by atomic mass is 9.86. The largest absolute Gasteiger partial charge is 0.313 e. The van der Waals surface area contributed by atoms with Gasteiger partial charge >= 0.3 is 0 Å². The lowest BCUT2D eigenvalue weighted by molar-refractivity contribution is 0.590. The highest BCUT2D eigenvalue weighted by molar-refractivity contribution is 7.90. The molecule has 0 atom stereocenters. The van der Waals surface area contributed by atoms with Gasteiger partial charge in [-0.1, -0.05) is 45.0 Å². The Labute approximate surface area is 159 Å². The second kappa shape index (κ2) is 5.92. The molecule has 0 saturated heterocycles. The highest BCUT2D eigenvalue weighted by Crippen LogP contribution is 2.30. The number of aromatic nitrogens is 2. The van der Waals surface area contributed by atoms with Gasteiger partial charge in [0.05, 0.1) is 27.1 Å². The number of rotatable bonds is 2. The van der Waals surface area contributed by atoms with Gasteiger partial charge in [-0.05, 0) is 41.3 Å². The maximum absolute atomic E-state index is 11.9. The number of hydrogen-bond acceptors (Lipinski definition) is 3. The summed E-state index contributed by atoms with van der Waals surface area (Å²) in [6.07, 6.45) is 3.20. The molecule has 4 aromatic rings. The standard InChI is InChI=1S/C22H22N2O2S/c1-22(2,3)16-9-7-15(8-10-16)21-20-6-5-13-24(20)19-12-11-17(27(4,25)26)14-18(19)23-21/h5-14H,1-4H3. The Morgan fingerprint density at radius 3 is 2.26 bits per heavy atom. The topological polar surface area (TPSA) is 51.4 Å². The van der Waals surface area contributed by atoms with Crippen molar-refractivity contribution in [1.29, 1.82) is 0 Å². The first-order chi connectivity index (χ1) is 12.6. The van der Waals surface area contributed by atoms with E-state index in [0.717, 1.165) is 22.3 Å². The molecule has 5 heteroatoms. The summed E-state index contributed by atoms with van der Waals surface area (Å²) in [4.78, 5) is 5.11. The molecule has 0 aliphatic carbocycles. The summed E-state index contributed by atoms with van der Waals surface area (Å²) in [5.74, 6) is 0. The Bertz CT molecular complexity index is 1260. The smallest absolute Gasteiger partial charge is 0.175 e. The SMILES string of the molecule is CC(C)(C)c1ccc(-c2nc3cc(S(C)(=O)=O)ccc3n3cccc23)cc1. The molecule has 2 heterocycles. The Kier molecular flexibility index (Phi) is 3.89. The summed E-state index contributed by atoms with van der Waals surface area (Å²) < 4.78 is 25.9. The van der Waals surface area contributed by atoms with Crippen LogP contribution in [-0.2, 0) is 15.3 Å². The van der Waals surface area contributed by atoms with Crippen LogP contribution in [0.1, 0.15) is 26.3 Å². The van der Waals surface area contributed by atoms with Crippen LogP contribution in [0.3, 0.4) is 0 Å². The van der Waals surface area contributed by atoms with Crippen molar-refractivity contribution in [2.24, 2.45) is 0 Å². The van der Waals surface area contributed by atoms with Crippen molar-refractivity contribution in [3.05, 3.63) is 66.4 Å². The molecule has 0 N–H and O–H groups in total. The van der Waals surface area contributed by atoms with Gasteiger partial charge in [0.25, 0.3) is 0 Å². The summed E-state index contributed by atoms with van der Waals surface area (Å²) in [5.41, 5.74) is 5.76. The fraction of sp³-hybridized carbons (Fsp3) is 0.227. The fourth-order valence-corrected chi connectivity index (χ4v) is 3.97. The fourth-order valence-electron chi connectivity index (χ4n) is 3.33. The van der Waals surface area contributed by atoms with Gasteiger partial charge in [-0.2, -0.15) is 0 Å². The maximum atomic E-state index is 11.9. The maximum Gasteiger partial charge on any atom is 0.175 e. The Morgan fingerprint density at radius 1 is 0.926 bits per heavy atom. The van der Waals surface area contributed by atoms with Gasteiger partial charge in [-0.3, -0.25) is 0 Å². The number of fused-ring (bicyclic) bond motifs is 3. The number of benzene rings is 2. The van der Waals surface area contributed by atoms with Crippen LogP contribution >= 0.6 is 0 Å². The Morgan fingerprint density at radius 2 is 1.63 bits per heavy atom. The summed E-state index contributed by atoms with van der Waals surface area (Å²) in [7, 11) is -3.28. The van der Waals surface area contributed by atoms with Crippen LogP contribution in [0, 0.1) is 0 Å². The van der Waals surface area contributed by atoms with Gasteiger partial charge in [0.15, 0.2) is 9.84 Å². The van der Waals surface area contributed by atoms with E-state index >= 15 is 0 Å². The van der Waals surface area contributed by atoms with Crippen molar-refractivity contribution in [3.8, 4) is 11.3 Å². The van der Waals surface area contributed by atoms with Crippen molar-refractivity contribution in [1.82, 2.24) is 9.38 Å². The van der Waals surface area contributed by atoms with E-state index in [1.165, 1.54) is 11.8 Å². The molecule has 0 bridgehead atoms. The lowest BCUT2D eigenvalue weighted by Gasteiger charge is -2.19. The first-order valence-electron chi connectivity index (χ1n) is 8.86. The van der Waals surface area contributed by atoms with Crippen LogP contribution in [0.5, 0.6) is 0 Å². The molecule has 27 heavy (non-hydrogen) atoms. The van der Waals surface area contributed by atoms with Gasteiger partial charge in [-0.25, -0.2) is 13.4 Å². The second-order valence-corrected chi connectivity index (χ2v) is 9.99. The average Bonchev–Trinajstić information content (AvgIpc) is 3.09. The Hall–Kier alpha value is -2.66. The molecule has 0 spiro atoms. The van der Waals surface area contributed by atoms with E-state index in [1.807, 2.05) is 24.4 Å². The third-order valence-corrected chi connectivity index (χ3v) is 5.99. The zero-order chi connectivity index (χ0) is 19.4. The average molecular weight is 378 g/mol. The van der Waals surface area contributed by atoms with Crippen LogP contribution < -0.4 is 0 Å². The molecule has 0 saturated carbocycles. The molecule has 0 radical (unpaired) electrons. The van der Waals surface area contributed by atoms with E-state index in [-0.39, 0.29) is 10.3 Å². The molecule has 2 aromatic carbocycles. The third kappa shape index (κ3) is 3.12. The third-order valence-electron chi connectivity index (χ3n) is 4.88. The highest BCUT2D eigenvalue weighted by atomic mass is 32.2. The molecule has 0 amide bonds. The molecule has 0 aliphatic rings. The number of hydrogen-bond donors (Lipinski definition) is 0. The zero-order valence-electron chi connectivity index (χ0n) is 15.9.